The fourth-order valence-corrected chi connectivity index (χ4v) is 0.321. The van der Waals surface area contributed by atoms with Crippen molar-refractivity contribution in [3.8, 4) is 0 Å². The number of aldehydes is 1. The summed E-state index contributed by atoms with van der Waals surface area (Å²) >= 11 is 0. The Balaban J connectivity index is 0. The predicted octanol–water partition coefficient (Wildman–Crippen LogP) is 0.910. The van der Waals surface area contributed by atoms with E-state index in [2.05, 4.69) is 6.92 Å². The van der Waals surface area contributed by atoms with Gasteiger partial charge in [0.25, 0.3) is 0 Å². The highest BCUT2D eigenvalue weighted by Crippen LogP contribution is 1.77. The Kier molecular flexibility index (Phi) is 14.1. The highest BCUT2D eigenvalue weighted by Gasteiger charge is 1.83. The molecule has 0 spiro atoms. The number of hydrogen-bond donors (Lipinski definition) is 1. The Bertz CT molecular complexity index is 100. The first kappa shape index (κ1) is 12.9. The highest BCUT2D eigenvalue weighted by molar-refractivity contribution is 5.87. The third-order valence-corrected chi connectivity index (χ3v) is 0.928. The molecule has 0 aliphatic rings. The molecule has 0 aromatic carbocycles. The van der Waals surface area contributed by atoms with E-state index < -0.39 is 0 Å². The van der Waals surface area contributed by atoms with Crippen molar-refractivity contribution in [1.29, 1.82) is 0 Å². The monoisotopic (exact) mass is 159 g/mol. The standard InChI is InChI=1S/C4H11N.C4H6O2/c1-2-3-4-5;1-4(6)2-3-5/h2-5H2,1H3;3H,2H2,1H3. The van der Waals surface area contributed by atoms with Crippen LogP contribution in [-0.2, 0) is 9.59 Å². The number of rotatable bonds is 4. The van der Waals surface area contributed by atoms with Crippen LogP contribution in [0.1, 0.15) is 33.1 Å². The Hall–Kier alpha value is -0.700. The van der Waals surface area contributed by atoms with Crippen LogP contribution in [0.2, 0.25) is 0 Å². The molecule has 0 aliphatic carbocycles. The molecule has 0 rings (SSSR count). The maximum absolute atomic E-state index is 9.81. The van der Waals surface area contributed by atoms with Gasteiger partial charge in [-0.3, -0.25) is 4.79 Å². The number of carbonyl (C=O) groups is 2. The molecule has 0 saturated heterocycles. The van der Waals surface area contributed by atoms with Crippen molar-refractivity contribution >= 4 is 12.1 Å². The zero-order valence-electron chi connectivity index (χ0n) is 7.30. The summed E-state index contributed by atoms with van der Waals surface area (Å²) in [6.45, 7) is 4.36. The van der Waals surface area contributed by atoms with Gasteiger partial charge in [0.1, 0.15) is 12.1 Å². The third-order valence-electron chi connectivity index (χ3n) is 0.928. The summed E-state index contributed by atoms with van der Waals surface area (Å²) in [6.07, 6.45) is 3.04. The first-order valence-corrected chi connectivity index (χ1v) is 3.82. The van der Waals surface area contributed by atoms with E-state index in [1.165, 1.54) is 19.8 Å². The molecule has 0 amide bonds. The van der Waals surface area contributed by atoms with Gasteiger partial charge in [-0.1, -0.05) is 13.3 Å². The molecule has 66 valence electrons. The summed E-state index contributed by atoms with van der Waals surface area (Å²) in [5, 5.41) is 0. The third kappa shape index (κ3) is 26.8. The molecule has 11 heavy (non-hydrogen) atoms. The molecule has 0 unspecified atom stereocenters. The largest absolute Gasteiger partial charge is 0.330 e. The van der Waals surface area contributed by atoms with Gasteiger partial charge in [-0.15, -0.1) is 0 Å². The second kappa shape index (κ2) is 12.0. The molecule has 3 nitrogen and oxygen atoms in total. The van der Waals surface area contributed by atoms with E-state index in [1.54, 1.807) is 0 Å². The van der Waals surface area contributed by atoms with Crippen molar-refractivity contribution in [3.63, 3.8) is 0 Å². The number of Topliss-reactive ketones (excluding diaryl/α,β-unsaturated/α-hetero) is 1. The Morgan fingerprint density at radius 1 is 1.55 bits per heavy atom. The summed E-state index contributed by atoms with van der Waals surface area (Å²) in [6, 6.07) is 0. The van der Waals surface area contributed by atoms with Crippen molar-refractivity contribution in [3.05, 3.63) is 0 Å². The molecule has 0 bridgehead atoms. The van der Waals surface area contributed by atoms with Gasteiger partial charge in [0.15, 0.2) is 0 Å². The molecule has 0 heterocycles. The summed E-state index contributed by atoms with van der Waals surface area (Å²) in [5.74, 6) is -0.0787. The summed E-state index contributed by atoms with van der Waals surface area (Å²) in [4.78, 5) is 19.2. The zero-order chi connectivity index (χ0) is 9.11. The average Bonchev–Trinajstić information content (AvgIpc) is 1.90. The van der Waals surface area contributed by atoms with Crippen molar-refractivity contribution < 1.29 is 9.59 Å². The normalized spacial score (nSPS) is 7.91. The Labute approximate surface area is 68.0 Å². The maximum atomic E-state index is 9.81. The Morgan fingerprint density at radius 3 is 2.09 bits per heavy atom. The van der Waals surface area contributed by atoms with Crippen LogP contribution < -0.4 is 5.73 Å². The summed E-state index contributed by atoms with van der Waals surface area (Å²) < 4.78 is 0. The number of unbranched alkanes of at least 4 members (excludes halogenated alkanes) is 1. The van der Waals surface area contributed by atoms with E-state index in [1.807, 2.05) is 0 Å². The highest BCUT2D eigenvalue weighted by atomic mass is 16.1. The van der Waals surface area contributed by atoms with Crippen molar-refractivity contribution in [1.82, 2.24) is 0 Å². The fraction of sp³-hybridized carbons (Fsp3) is 0.750. The number of carbonyl (C=O) groups excluding carboxylic acids is 2. The lowest BCUT2D eigenvalue weighted by Crippen LogP contribution is -1.95. The van der Waals surface area contributed by atoms with Gasteiger partial charge in [-0.2, -0.15) is 0 Å². The first-order valence-electron chi connectivity index (χ1n) is 3.82. The number of hydrogen-bond acceptors (Lipinski definition) is 3. The molecule has 0 aromatic rings. The number of ketones is 1. The van der Waals surface area contributed by atoms with E-state index >= 15 is 0 Å². The van der Waals surface area contributed by atoms with Gasteiger partial charge < -0.3 is 10.5 Å². The second-order valence-electron chi connectivity index (χ2n) is 2.22. The van der Waals surface area contributed by atoms with Gasteiger partial charge in [0.2, 0.25) is 0 Å². The van der Waals surface area contributed by atoms with Gasteiger partial charge in [0.05, 0.1) is 6.42 Å². The topological polar surface area (TPSA) is 60.2 Å². The lowest BCUT2D eigenvalue weighted by molar-refractivity contribution is -0.120. The predicted molar refractivity (Wildman–Crippen MR) is 45.3 cm³/mol. The van der Waals surface area contributed by atoms with Crippen LogP contribution in [0.5, 0.6) is 0 Å². The quantitative estimate of drug-likeness (QED) is 0.490. The van der Waals surface area contributed by atoms with Crippen LogP contribution >= 0.6 is 0 Å². The van der Waals surface area contributed by atoms with Crippen molar-refractivity contribution in [2.45, 2.75) is 33.1 Å². The van der Waals surface area contributed by atoms with E-state index in [9.17, 15) is 9.59 Å². The molecule has 3 heteroatoms. The maximum Gasteiger partial charge on any atom is 0.136 e. The minimum absolute atomic E-state index is 0.0556. The van der Waals surface area contributed by atoms with Crippen LogP contribution in [0, 0.1) is 0 Å². The van der Waals surface area contributed by atoms with Crippen LogP contribution in [0.25, 0.3) is 0 Å². The molecule has 0 saturated carbocycles. The average molecular weight is 159 g/mol. The Morgan fingerprint density at radius 2 is 2.09 bits per heavy atom. The van der Waals surface area contributed by atoms with Crippen LogP contribution in [0.4, 0.5) is 0 Å². The van der Waals surface area contributed by atoms with E-state index in [0.717, 1.165) is 6.54 Å². The van der Waals surface area contributed by atoms with E-state index in [-0.39, 0.29) is 12.2 Å². The van der Waals surface area contributed by atoms with Crippen molar-refractivity contribution in [2.75, 3.05) is 6.54 Å². The minimum Gasteiger partial charge on any atom is -0.330 e. The van der Waals surface area contributed by atoms with Crippen molar-refractivity contribution in [2.24, 2.45) is 5.73 Å². The molecule has 0 atom stereocenters. The molecular weight excluding hydrogens is 142 g/mol. The molecular formula is C8H17NO2. The van der Waals surface area contributed by atoms with Crippen LogP contribution in [0.3, 0.4) is 0 Å². The fourth-order valence-electron chi connectivity index (χ4n) is 0.321. The lowest BCUT2D eigenvalue weighted by atomic mass is 10.3. The summed E-state index contributed by atoms with van der Waals surface area (Å²) in [7, 11) is 0. The molecule has 0 radical (unpaired) electrons. The van der Waals surface area contributed by atoms with Crippen LogP contribution in [-0.4, -0.2) is 18.6 Å². The van der Waals surface area contributed by atoms with Gasteiger partial charge >= 0.3 is 0 Å². The van der Waals surface area contributed by atoms with Gasteiger partial charge in [-0.05, 0) is 19.9 Å². The molecule has 0 aliphatic heterocycles. The molecule has 2 N–H and O–H groups in total. The van der Waals surface area contributed by atoms with Crippen LogP contribution in [0.15, 0.2) is 0 Å². The first-order chi connectivity index (χ1) is 5.18. The zero-order valence-corrected chi connectivity index (χ0v) is 7.30. The number of nitrogens with two attached hydrogens (primary N) is 1. The van der Waals surface area contributed by atoms with E-state index in [4.69, 9.17) is 5.73 Å². The summed E-state index contributed by atoms with van der Waals surface area (Å²) in [5.41, 5.74) is 5.14. The van der Waals surface area contributed by atoms with Gasteiger partial charge in [-0.25, -0.2) is 0 Å². The molecule has 0 fully saturated rings. The van der Waals surface area contributed by atoms with E-state index in [0.29, 0.717) is 6.29 Å². The van der Waals surface area contributed by atoms with Gasteiger partial charge in [0, 0.05) is 0 Å². The molecule has 0 aromatic heterocycles. The minimum atomic E-state index is -0.0787. The SMILES string of the molecule is CC(=O)CC=O.CCCCN. The lowest BCUT2D eigenvalue weighted by Gasteiger charge is -1.80. The smallest absolute Gasteiger partial charge is 0.136 e. The second-order valence-corrected chi connectivity index (χ2v) is 2.22.